The van der Waals surface area contributed by atoms with E-state index in [1.165, 1.54) is 12.1 Å². The van der Waals surface area contributed by atoms with Gasteiger partial charge >= 0.3 is 0 Å². The standard InChI is InChI=1S/C11H17BrN2O2S2/c1-8(7-17-2)6-14-18(15,16)9-3-4-11(13)10(12)5-9/h3-5,8,14H,6-7,13H2,1-2H3. The summed E-state index contributed by atoms with van der Waals surface area (Å²) in [7, 11) is -3.46. The number of thioether (sulfide) groups is 1. The summed E-state index contributed by atoms with van der Waals surface area (Å²) in [4.78, 5) is 0.222. The zero-order chi connectivity index (χ0) is 13.8. The van der Waals surface area contributed by atoms with Gasteiger partial charge in [0.15, 0.2) is 0 Å². The Morgan fingerprint density at radius 2 is 2.17 bits per heavy atom. The van der Waals surface area contributed by atoms with Gasteiger partial charge in [-0.25, -0.2) is 13.1 Å². The zero-order valence-corrected chi connectivity index (χ0v) is 13.5. The number of nitrogen functional groups attached to an aromatic ring is 1. The Balaban J connectivity index is 2.77. The van der Waals surface area contributed by atoms with Gasteiger partial charge in [0.1, 0.15) is 0 Å². The molecular weight excluding hydrogens is 336 g/mol. The van der Waals surface area contributed by atoms with E-state index in [0.717, 1.165) is 5.75 Å². The van der Waals surface area contributed by atoms with Gasteiger partial charge in [-0.2, -0.15) is 11.8 Å². The van der Waals surface area contributed by atoms with Crippen molar-refractivity contribution in [1.29, 1.82) is 0 Å². The lowest BCUT2D eigenvalue weighted by Crippen LogP contribution is -2.29. The Bertz CT molecular complexity index is 506. The molecule has 0 aromatic heterocycles. The maximum atomic E-state index is 12.0. The maximum Gasteiger partial charge on any atom is 0.240 e. The quantitative estimate of drug-likeness (QED) is 0.770. The second-order valence-electron chi connectivity index (χ2n) is 4.10. The normalized spacial score (nSPS) is 13.5. The highest BCUT2D eigenvalue weighted by molar-refractivity contribution is 9.10. The summed E-state index contributed by atoms with van der Waals surface area (Å²) >= 11 is 4.92. The minimum absolute atomic E-state index is 0.222. The second-order valence-corrected chi connectivity index (χ2v) is 7.63. The monoisotopic (exact) mass is 352 g/mol. The van der Waals surface area contributed by atoms with E-state index in [-0.39, 0.29) is 4.90 Å². The number of halogens is 1. The fourth-order valence-electron chi connectivity index (χ4n) is 1.35. The van der Waals surface area contributed by atoms with Crippen LogP contribution >= 0.6 is 27.7 Å². The molecule has 1 atom stereocenters. The van der Waals surface area contributed by atoms with E-state index < -0.39 is 10.0 Å². The molecule has 1 aromatic carbocycles. The van der Waals surface area contributed by atoms with Gasteiger partial charge in [-0.3, -0.25) is 0 Å². The molecule has 1 aromatic rings. The highest BCUT2D eigenvalue weighted by Crippen LogP contribution is 2.22. The molecule has 18 heavy (non-hydrogen) atoms. The van der Waals surface area contributed by atoms with Gasteiger partial charge in [-0.15, -0.1) is 0 Å². The number of rotatable bonds is 6. The van der Waals surface area contributed by atoms with Gasteiger partial charge < -0.3 is 5.73 Å². The molecule has 0 fully saturated rings. The predicted octanol–water partition coefficient (Wildman–Crippen LogP) is 2.31. The SMILES string of the molecule is CSCC(C)CNS(=O)(=O)c1ccc(N)c(Br)c1. The average molecular weight is 353 g/mol. The number of hydrogen-bond acceptors (Lipinski definition) is 4. The van der Waals surface area contributed by atoms with Crippen molar-refractivity contribution in [3.8, 4) is 0 Å². The summed E-state index contributed by atoms with van der Waals surface area (Å²) in [6.07, 6.45) is 2.00. The van der Waals surface area contributed by atoms with Crippen LogP contribution in [0.3, 0.4) is 0 Å². The van der Waals surface area contributed by atoms with Crippen molar-refractivity contribution in [2.24, 2.45) is 5.92 Å². The predicted molar refractivity (Wildman–Crippen MR) is 81.3 cm³/mol. The smallest absolute Gasteiger partial charge is 0.240 e. The van der Waals surface area contributed by atoms with E-state index in [1.807, 2.05) is 13.2 Å². The van der Waals surface area contributed by atoms with E-state index in [9.17, 15) is 8.42 Å². The molecule has 1 rings (SSSR count). The van der Waals surface area contributed by atoms with Crippen LogP contribution in [0.15, 0.2) is 27.6 Å². The van der Waals surface area contributed by atoms with E-state index >= 15 is 0 Å². The highest BCUT2D eigenvalue weighted by Gasteiger charge is 2.15. The molecule has 0 radical (unpaired) electrons. The van der Waals surface area contributed by atoms with Gasteiger partial charge in [0, 0.05) is 16.7 Å². The van der Waals surface area contributed by atoms with Crippen molar-refractivity contribution in [1.82, 2.24) is 4.72 Å². The molecule has 0 aliphatic heterocycles. The number of anilines is 1. The Labute approximate surface area is 121 Å². The fourth-order valence-corrected chi connectivity index (χ4v) is 3.76. The zero-order valence-electron chi connectivity index (χ0n) is 10.3. The molecule has 0 spiro atoms. The van der Waals surface area contributed by atoms with Crippen LogP contribution in [0.4, 0.5) is 5.69 Å². The third kappa shape index (κ3) is 4.46. The first-order chi connectivity index (χ1) is 8.36. The Morgan fingerprint density at radius 1 is 1.50 bits per heavy atom. The van der Waals surface area contributed by atoms with Crippen LogP contribution in [-0.2, 0) is 10.0 Å². The lowest BCUT2D eigenvalue weighted by molar-refractivity contribution is 0.562. The topological polar surface area (TPSA) is 72.2 Å². The largest absolute Gasteiger partial charge is 0.398 e. The summed E-state index contributed by atoms with van der Waals surface area (Å²) < 4.78 is 27.2. The lowest BCUT2D eigenvalue weighted by Gasteiger charge is -2.12. The van der Waals surface area contributed by atoms with Gasteiger partial charge in [-0.1, -0.05) is 6.92 Å². The Morgan fingerprint density at radius 3 is 2.72 bits per heavy atom. The third-order valence-electron chi connectivity index (χ3n) is 2.36. The van der Waals surface area contributed by atoms with Gasteiger partial charge in [0.05, 0.1) is 4.90 Å². The first-order valence-corrected chi connectivity index (χ1v) is 9.07. The highest BCUT2D eigenvalue weighted by atomic mass is 79.9. The summed E-state index contributed by atoms with van der Waals surface area (Å²) in [6.45, 7) is 2.45. The Kier molecular flexibility index (Phi) is 5.97. The minimum atomic E-state index is -3.46. The van der Waals surface area contributed by atoms with E-state index in [0.29, 0.717) is 22.6 Å². The lowest BCUT2D eigenvalue weighted by atomic mass is 10.2. The van der Waals surface area contributed by atoms with Crippen molar-refractivity contribution in [3.63, 3.8) is 0 Å². The average Bonchev–Trinajstić information content (AvgIpc) is 2.30. The molecule has 0 aliphatic carbocycles. The Hall–Kier alpha value is -0.240. The molecule has 1 unspecified atom stereocenters. The van der Waals surface area contributed by atoms with Crippen molar-refractivity contribution < 1.29 is 8.42 Å². The van der Waals surface area contributed by atoms with Crippen molar-refractivity contribution in [2.45, 2.75) is 11.8 Å². The summed E-state index contributed by atoms with van der Waals surface area (Å²) in [5, 5.41) is 0. The van der Waals surface area contributed by atoms with E-state index in [4.69, 9.17) is 5.73 Å². The molecule has 4 nitrogen and oxygen atoms in total. The van der Waals surface area contributed by atoms with Crippen LogP contribution in [-0.4, -0.2) is 27.0 Å². The second kappa shape index (κ2) is 6.79. The number of hydrogen-bond donors (Lipinski definition) is 2. The maximum absolute atomic E-state index is 12.0. The van der Waals surface area contributed by atoms with Crippen LogP contribution < -0.4 is 10.5 Å². The summed E-state index contributed by atoms with van der Waals surface area (Å²) in [5.74, 6) is 1.22. The number of nitrogens with one attached hydrogen (secondary N) is 1. The fraction of sp³-hybridized carbons (Fsp3) is 0.455. The molecule has 7 heteroatoms. The van der Waals surface area contributed by atoms with Crippen LogP contribution in [0, 0.1) is 5.92 Å². The minimum Gasteiger partial charge on any atom is -0.398 e. The first-order valence-electron chi connectivity index (χ1n) is 5.40. The third-order valence-corrected chi connectivity index (χ3v) is 5.37. The molecule has 0 aliphatic rings. The van der Waals surface area contributed by atoms with Crippen molar-refractivity contribution in [3.05, 3.63) is 22.7 Å². The molecule has 0 saturated heterocycles. The number of benzene rings is 1. The summed E-state index contributed by atoms with van der Waals surface area (Å²) in [5.41, 5.74) is 6.15. The molecule has 102 valence electrons. The molecular formula is C11H17BrN2O2S2. The number of nitrogens with two attached hydrogens (primary N) is 1. The van der Waals surface area contributed by atoms with Crippen LogP contribution in [0.2, 0.25) is 0 Å². The van der Waals surface area contributed by atoms with Crippen molar-refractivity contribution >= 4 is 43.4 Å². The van der Waals surface area contributed by atoms with Gasteiger partial charge in [0.25, 0.3) is 0 Å². The molecule has 0 amide bonds. The van der Waals surface area contributed by atoms with Crippen molar-refractivity contribution in [2.75, 3.05) is 24.3 Å². The number of sulfonamides is 1. The first kappa shape index (κ1) is 15.8. The van der Waals surface area contributed by atoms with Gasteiger partial charge in [-0.05, 0) is 52.1 Å². The summed E-state index contributed by atoms with van der Waals surface area (Å²) in [6, 6.07) is 4.59. The van der Waals surface area contributed by atoms with Crippen LogP contribution in [0.5, 0.6) is 0 Å². The van der Waals surface area contributed by atoms with E-state index in [1.54, 1.807) is 17.8 Å². The molecule has 0 bridgehead atoms. The van der Waals surface area contributed by atoms with E-state index in [2.05, 4.69) is 20.7 Å². The molecule has 3 N–H and O–H groups in total. The van der Waals surface area contributed by atoms with Crippen LogP contribution in [0.1, 0.15) is 6.92 Å². The van der Waals surface area contributed by atoms with Gasteiger partial charge in [0.2, 0.25) is 10.0 Å². The van der Waals surface area contributed by atoms with Crippen LogP contribution in [0.25, 0.3) is 0 Å². The molecule has 0 saturated carbocycles. The molecule has 0 heterocycles.